The molecule has 0 aliphatic rings. The van der Waals surface area contributed by atoms with E-state index in [-0.39, 0.29) is 5.78 Å². The smallest absolute Gasteiger partial charge is 0.187 e. The molecular formula is C23H17INO. The van der Waals surface area contributed by atoms with Crippen LogP contribution < -0.4 is 5.32 Å². The molecule has 0 bridgehead atoms. The molecule has 3 rings (SSSR count). The molecule has 3 aromatic rings. The van der Waals surface area contributed by atoms with Gasteiger partial charge in [-0.25, -0.2) is 0 Å². The van der Waals surface area contributed by atoms with E-state index < -0.39 is 0 Å². The SMILES string of the molecule is O=C(/C=C\Nc1ccccc1)c1ccccc1[C]=C(I)c1ccccc1. The quantitative estimate of drug-likeness (QED) is 0.212. The third-order valence-electron chi connectivity index (χ3n) is 3.72. The lowest BCUT2D eigenvalue weighted by molar-refractivity contribution is 0.104. The molecule has 0 saturated carbocycles. The zero-order valence-corrected chi connectivity index (χ0v) is 16.2. The first kappa shape index (κ1) is 18.1. The number of rotatable bonds is 6. The maximum atomic E-state index is 12.6. The minimum Gasteiger partial charge on any atom is -0.362 e. The molecule has 0 aliphatic carbocycles. The third-order valence-corrected chi connectivity index (χ3v) is 4.62. The molecule has 0 aliphatic heterocycles. The molecule has 0 fully saturated rings. The van der Waals surface area contributed by atoms with Gasteiger partial charge < -0.3 is 5.32 Å². The number of nitrogens with one attached hydrogen (secondary N) is 1. The van der Waals surface area contributed by atoms with Crippen LogP contribution in [-0.4, -0.2) is 5.78 Å². The lowest BCUT2D eigenvalue weighted by Gasteiger charge is -2.04. The van der Waals surface area contributed by atoms with Crippen LogP contribution in [0.5, 0.6) is 0 Å². The number of benzene rings is 3. The summed E-state index contributed by atoms with van der Waals surface area (Å²) in [6.45, 7) is 0. The highest BCUT2D eigenvalue weighted by atomic mass is 127. The molecule has 2 nitrogen and oxygen atoms in total. The molecule has 0 aromatic heterocycles. The first-order chi connectivity index (χ1) is 12.7. The molecule has 1 radical (unpaired) electrons. The van der Waals surface area contributed by atoms with E-state index in [4.69, 9.17) is 0 Å². The molecule has 0 atom stereocenters. The van der Waals surface area contributed by atoms with Gasteiger partial charge in [0.2, 0.25) is 0 Å². The van der Waals surface area contributed by atoms with Crippen LogP contribution in [0, 0.1) is 6.08 Å². The fourth-order valence-corrected chi connectivity index (χ4v) is 3.07. The number of halogens is 1. The van der Waals surface area contributed by atoms with Gasteiger partial charge in [-0.3, -0.25) is 4.79 Å². The topological polar surface area (TPSA) is 29.1 Å². The normalized spacial score (nSPS) is 11.5. The predicted octanol–water partition coefficient (Wildman–Crippen LogP) is 6.12. The number of anilines is 1. The number of para-hydroxylation sites is 1. The van der Waals surface area contributed by atoms with Crippen LogP contribution in [0.1, 0.15) is 21.5 Å². The van der Waals surface area contributed by atoms with Gasteiger partial charge in [0.25, 0.3) is 0 Å². The van der Waals surface area contributed by atoms with Crippen molar-refractivity contribution in [3.05, 3.63) is 120 Å². The molecule has 127 valence electrons. The Morgan fingerprint density at radius 1 is 0.846 bits per heavy atom. The highest BCUT2D eigenvalue weighted by Gasteiger charge is 2.08. The maximum Gasteiger partial charge on any atom is 0.187 e. The largest absolute Gasteiger partial charge is 0.362 e. The minimum atomic E-state index is -0.0613. The van der Waals surface area contributed by atoms with Crippen molar-refractivity contribution in [3.63, 3.8) is 0 Å². The number of carbonyl (C=O) groups is 1. The average Bonchev–Trinajstić information content (AvgIpc) is 2.70. The Kier molecular flexibility index (Phi) is 6.39. The molecule has 0 saturated heterocycles. The fraction of sp³-hybridized carbons (Fsp3) is 0. The molecule has 1 N–H and O–H groups in total. The Bertz CT molecular complexity index is 931. The number of carbonyl (C=O) groups excluding carboxylic acids is 1. The monoisotopic (exact) mass is 450 g/mol. The summed E-state index contributed by atoms with van der Waals surface area (Å²) >= 11 is 2.25. The summed E-state index contributed by atoms with van der Waals surface area (Å²) in [6, 6.07) is 27.3. The van der Waals surface area contributed by atoms with Crippen LogP contribution in [0.15, 0.2) is 97.2 Å². The second-order valence-electron chi connectivity index (χ2n) is 5.56. The minimum absolute atomic E-state index is 0.0613. The molecule has 0 amide bonds. The van der Waals surface area contributed by atoms with Crippen LogP contribution in [0.4, 0.5) is 5.69 Å². The van der Waals surface area contributed by atoms with Crippen molar-refractivity contribution in [1.29, 1.82) is 0 Å². The van der Waals surface area contributed by atoms with Gasteiger partial charge in [-0.2, -0.15) is 0 Å². The first-order valence-electron chi connectivity index (χ1n) is 8.20. The van der Waals surface area contributed by atoms with Gasteiger partial charge in [0.05, 0.1) is 0 Å². The fourth-order valence-electron chi connectivity index (χ4n) is 2.42. The number of hydrogen-bond acceptors (Lipinski definition) is 2. The van der Waals surface area contributed by atoms with E-state index in [1.807, 2.05) is 84.9 Å². The molecule has 0 heterocycles. The van der Waals surface area contributed by atoms with Gasteiger partial charge >= 0.3 is 0 Å². The molecular weight excluding hydrogens is 433 g/mol. The summed E-state index contributed by atoms with van der Waals surface area (Å²) in [7, 11) is 0. The molecule has 0 unspecified atom stereocenters. The highest BCUT2D eigenvalue weighted by Crippen LogP contribution is 2.24. The van der Waals surface area contributed by atoms with E-state index in [2.05, 4.69) is 34.0 Å². The van der Waals surface area contributed by atoms with Crippen molar-refractivity contribution in [2.24, 2.45) is 0 Å². The van der Waals surface area contributed by atoms with E-state index in [9.17, 15) is 4.79 Å². The number of hydrogen-bond donors (Lipinski definition) is 1. The average molecular weight is 450 g/mol. The standard InChI is InChI=1S/C23H17INO/c24-22(18-9-3-1-4-10-18)17-19-11-7-8-14-21(19)23(26)15-16-25-20-12-5-2-6-13-20/h1-16,25H/b16-15-,22-17?. The van der Waals surface area contributed by atoms with Crippen molar-refractivity contribution in [3.8, 4) is 0 Å². The molecule has 3 heteroatoms. The van der Waals surface area contributed by atoms with Gasteiger partial charge in [-0.05, 0) is 45.9 Å². The Hall–Kier alpha value is -2.66. The zero-order chi connectivity index (χ0) is 18.2. The zero-order valence-electron chi connectivity index (χ0n) is 14.0. The predicted molar refractivity (Wildman–Crippen MR) is 116 cm³/mol. The summed E-state index contributed by atoms with van der Waals surface area (Å²) in [4.78, 5) is 12.6. The van der Waals surface area contributed by atoms with Gasteiger partial charge in [0, 0.05) is 33.2 Å². The molecule has 3 aromatic carbocycles. The van der Waals surface area contributed by atoms with E-state index in [0.29, 0.717) is 5.56 Å². The van der Waals surface area contributed by atoms with Crippen molar-refractivity contribution >= 4 is 37.6 Å². The summed E-state index contributed by atoms with van der Waals surface area (Å²) in [6.07, 6.45) is 6.56. The van der Waals surface area contributed by atoms with Crippen LogP contribution >= 0.6 is 22.6 Å². The lowest BCUT2D eigenvalue weighted by atomic mass is 10.0. The summed E-state index contributed by atoms with van der Waals surface area (Å²) in [5.41, 5.74) is 3.44. The lowest BCUT2D eigenvalue weighted by Crippen LogP contribution is -1.99. The second kappa shape index (κ2) is 9.15. The Morgan fingerprint density at radius 3 is 2.19 bits per heavy atom. The number of allylic oxidation sites excluding steroid dienone is 1. The highest BCUT2D eigenvalue weighted by molar-refractivity contribution is 14.1. The van der Waals surface area contributed by atoms with E-state index in [0.717, 1.165) is 20.4 Å². The summed E-state index contributed by atoms with van der Waals surface area (Å²) in [5.74, 6) is -0.0613. The molecule has 0 spiro atoms. The first-order valence-corrected chi connectivity index (χ1v) is 9.28. The van der Waals surface area contributed by atoms with Crippen LogP contribution in [0.3, 0.4) is 0 Å². The van der Waals surface area contributed by atoms with Gasteiger partial charge in [0.1, 0.15) is 0 Å². The number of ketones is 1. The summed E-state index contributed by atoms with van der Waals surface area (Å²) in [5, 5.41) is 3.10. The summed E-state index contributed by atoms with van der Waals surface area (Å²) < 4.78 is 0.967. The second-order valence-corrected chi connectivity index (χ2v) is 6.64. The Balaban J connectivity index is 1.79. The Morgan fingerprint density at radius 2 is 1.46 bits per heavy atom. The van der Waals surface area contributed by atoms with Crippen LogP contribution in [0.2, 0.25) is 0 Å². The van der Waals surface area contributed by atoms with Gasteiger partial charge in [0.15, 0.2) is 5.78 Å². The molecule has 26 heavy (non-hydrogen) atoms. The van der Waals surface area contributed by atoms with E-state index >= 15 is 0 Å². The van der Waals surface area contributed by atoms with Crippen LogP contribution in [-0.2, 0) is 0 Å². The van der Waals surface area contributed by atoms with Crippen molar-refractivity contribution in [2.45, 2.75) is 0 Å². The maximum absolute atomic E-state index is 12.6. The third kappa shape index (κ3) is 4.92. The van der Waals surface area contributed by atoms with Crippen molar-refractivity contribution in [2.75, 3.05) is 5.32 Å². The Labute approximate surface area is 167 Å². The van der Waals surface area contributed by atoms with Crippen molar-refractivity contribution in [1.82, 2.24) is 0 Å². The van der Waals surface area contributed by atoms with Crippen molar-refractivity contribution < 1.29 is 4.79 Å². The van der Waals surface area contributed by atoms with E-state index in [1.54, 1.807) is 12.3 Å². The van der Waals surface area contributed by atoms with Crippen LogP contribution in [0.25, 0.3) is 3.58 Å². The van der Waals surface area contributed by atoms with E-state index in [1.165, 1.54) is 0 Å². The van der Waals surface area contributed by atoms with Gasteiger partial charge in [-0.15, -0.1) is 0 Å². The van der Waals surface area contributed by atoms with Gasteiger partial charge in [-0.1, -0.05) is 72.8 Å².